The van der Waals surface area contributed by atoms with Crippen LogP contribution in [0, 0.1) is 19.3 Å². The molecule has 7 heteroatoms. The number of aromatic nitrogens is 1. The van der Waals surface area contributed by atoms with E-state index in [2.05, 4.69) is 10.3 Å². The fourth-order valence-corrected chi connectivity index (χ4v) is 3.95. The maximum Gasteiger partial charge on any atom is 0.220 e. The molecule has 1 fully saturated rings. The molecular formula is C15H27Cl2N3OS. The Morgan fingerprint density at radius 1 is 1.27 bits per heavy atom. The standard InChI is InChI=1S/C15H25N3OS.2ClH/c1-11-13(20-12(2)18-11)9-17-14(19)8-15(10-16)6-4-3-5-7-15;;/h3-10,16H2,1-2H3,(H,17,19);2*1H. The van der Waals surface area contributed by atoms with Crippen molar-refractivity contribution in [2.75, 3.05) is 6.54 Å². The maximum absolute atomic E-state index is 12.2. The summed E-state index contributed by atoms with van der Waals surface area (Å²) in [6.45, 7) is 5.21. The molecule has 0 spiro atoms. The topological polar surface area (TPSA) is 68.0 Å². The summed E-state index contributed by atoms with van der Waals surface area (Å²) in [4.78, 5) is 17.7. The first-order chi connectivity index (χ1) is 9.54. The summed E-state index contributed by atoms with van der Waals surface area (Å²) < 4.78 is 0. The molecule has 0 radical (unpaired) electrons. The Labute approximate surface area is 149 Å². The van der Waals surface area contributed by atoms with Crippen molar-refractivity contribution in [3.63, 3.8) is 0 Å². The van der Waals surface area contributed by atoms with Gasteiger partial charge in [0.2, 0.25) is 5.91 Å². The predicted molar refractivity (Wildman–Crippen MR) is 97.1 cm³/mol. The molecule has 0 aromatic carbocycles. The van der Waals surface area contributed by atoms with Crippen molar-refractivity contribution in [1.29, 1.82) is 0 Å². The van der Waals surface area contributed by atoms with Crippen LogP contribution in [0.3, 0.4) is 0 Å². The van der Waals surface area contributed by atoms with Crippen molar-refractivity contribution >= 4 is 42.1 Å². The van der Waals surface area contributed by atoms with Crippen LogP contribution in [-0.4, -0.2) is 17.4 Å². The van der Waals surface area contributed by atoms with Gasteiger partial charge in [0.25, 0.3) is 0 Å². The predicted octanol–water partition coefficient (Wildman–Crippen LogP) is 3.52. The Bertz CT molecular complexity index is 473. The first-order valence-electron chi connectivity index (χ1n) is 7.44. The van der Waals surface area contributed by atoms with Crippen LogP contribution in [0.1, 0.15) is 54.1 Å². The average molecular weight is 368 g/mol. The highest BCUT2D eigenvalue weighted by Crippen LogP contribution is 2.38. The number of nitrogens with one attached hydrogen (secondary N) is 1. The van der Waals surface area contributed by atoms with Crippen molar-refractivity contribution in [3.8, 4) is 0 Å². The van der Waals surface area contributed by atoms with Crippen LogP contribution in [-0.2, 0) is 11.3 Å². The summed E-state index contributed by atoms with van der Waals surface area (Å²) in [5.74, 6) is 0.128. The van der Waals surface area contributed by atoms with Gasteiger partial charge in [0, 0.05) is 11.3 Å². The molecule has 1 saturated carbocycles. The van der Waals surface area contributed by atoms with Crippen LogP contribution in [0.4, 0.5) is 0 Å². The molecule has 1 amide bonds. The lowest BCUT2D eigenvalue weighted by molar-refractivity contribution is -0.124. The first kappa shape index (κ1) is 21.6. The van der Waals surface area contributed by atoms with E-state index in [1.807, 2.05) is 13.8 Å². The molecule has 3 N–H and O–H groups in total. The van der Waals surface area contributed by atoms with Crippen LogP contribution >= 0.6 is 36.2 Å². The minimum Gasteiger partial charge on any atom is -0.351 e. The zero-order chi connectivity index (χ0) is 14.6. The van der Waals surface area contributed by atoms with Crippen molar-refractivity contribution in [2.45, 2.75) is 58.9 Å². The van der Waals surface area contributed by atoms with Gasteiger partial charge in [0.05, 0.1) is 17.2 Å². The van der Waals surface area contributed by atoms with E-state index < -0.39 is 0 Å². The normalized spacial score (nSPS) is 16.3. The number of carbonyl (C=O) groups excluding carboxylic acids is 1. The van der Waals surface area contributed by atoms with Crippen molar-refractivity contribution in [2.24, 2.45) is 11.1 Å². The molecule has 22 heavy (non-hydrogen) atoms. The lowest BCUT2D eigenvalue weighted by atomic mass is 9.71. The van der Waals surface area contributed by atoms with Gasteiger partial charge < -0.3 is 11.1 Å². The molecule has 0 aliphatic heterocycles. The quantitative estimate of drug-likeness (QED) is 0.836. The second-order valence-electron chi connectivity index (χ2n) is 5.96. The number of thiazole rings is 1. The van der Waals surface area contributed by atoms with E-state index in [0.29, 0.717) is 19.5 Å². The number of halogens is 2. The number of aryl methyl sites for hydroxylation is 2. The molecule has 1 aliphatic rings. The molecule has 0 saturated heterocycles. The molecule has 0 bridgehead atoms. The van der Waals surface area contributed by atoms with E-state index in [1.54, 1.807) is 11.3 Å². The second kappa shape index (κ2) is 9.71. The molecule has 1 heterocycles. The van der Waals surface area contributed by atoms with Crippen LogP contribution in [0.5, 0.6) is 0 Å². The molecule has 4 nitrogen and oxygen atoms in total. The van der Waals surface area contributed by atoms with Gasteiger partial charge in [-0.3, -0.25) is 4.79 Å². The summed E-state index contributed by atoms with van der Waals surface area (Å²) in [6, 6.07) is 0. The molecule has 128 valence electrons. The molecule has 1 aromatic rings. The summed E-state index contributed by atoms with van der Waals surface area (Å²) in [5, 5.41) is 4.09. The highest BCUT2D eigenvalue weighted by molar-refractivity contribution is 7.11. The zero-order valence-corrected chi connectivity index (χ0v) is 15.8. The lowest BCUT2D eigenvalue weighted by Crippen LogP contribution is -2.38. The first-order valence-corrected chi connectivity index (χ1v) is 8.26. The third kappa shape index (κ3) is 5.69. The fourth-order valence-electron chi connectivity index (χ4n) is 3.07. The van der Waals surface area contributed by atoms with Gasteiger partial charge in [0.15, 0.2) is 0 Å². The van der Waals surface area contributed by atoms with Gasteiger partial charge in [-0.1, -0.05) is 19.3 Å². The van der Waals surface area contributed by atoms with Gasteiger partial charge >= 0.3 is 0 Å². The van der Waals surface area contributed by atoms with Crippen molar-refractivity contribution in [1.82, 2.24) is 10.3 Å². The molecule has 1 aliphatic carbocycles. The largest absolute Gasteiger partial charge is 0.351 e. The smallest absolute Gasteiger partial charge is 0.220 e. The summed E-state index contributed by atoms with van der Waals surface area (Å²) >= 11 is 1.66. The third-order valence-corrected chi connectivity index (χ3v) is 5.40. The van der Waals surface area contributed by atoms with Crippen molar-refractivity contribution in [3.05, 3.63) is 15.6 Å². The Morgan fingerprint density at radius 2 is 1.91 bits per heavy atom. The highest BCUT2D eigenvalue weighted by atomic mass is 35.5. The number of hydrogen-bond acceptors (Lipinski definition) is 4. The second-order valence-corrected chi connectivity index (χ2v) is 7.25. The summed E-state index contributed by atoms with van der Waals surface area (Å²) in [7, 11) is 0. The van der Waals surface area contributed by atoms with E-state index in [-0.39, 0.29) is 36.1 Å². The van der Waals surface area contributed by atoms with Gasteiger partial charge in [0.1, 0.15) is 0 Å². The monoisotopic (exact) mass is 367 g/mol. The summed E-state index contributed by atoms with van der Waals surface area (Å²) in [5.41, 5.74) is 7.00. The van der Waals surface area contributed by atoms with E-state index in [9.17, 15) is 4.79 Å². The number of carbonyl (C=O) groups is 1. The molecule has 2 rings (SSSR count). The fraction of sp³-hybridized carbons (Fsp3) is 0.733. The number of hydrogen-bond donors (Lipinski definition) is 2. The summed E-state index contributed by atoms with van der Waals surface area (Å²) in [6.07, 6.45) is 6.45. The Hall–Kier alpha value is -0.360. The van der Waals surface area contributed by atoms with Crippen LogP contribution < -0.4 is 11.1 Å². The van der Waals surface area contributed by atoms with Crippen LogP contribution in [0.15, 0.2) is 0 Å². The molecular weight excluding hydrogens is 341 g/mol. The van der Waals surface area contributed by atoms with E-state index in [4.69, 9.17) is 5.73 Å². The highest BCUT2D eigenvalue weighted by Gasteiger charge is 2.32. The number of nitrogens with zero attached hydrogens (tertiary/aromatic N) is 1. The number of amides is 1. The average Bonchev–Trinajstić information content (AvgIpc) is 2.76. The Balaban J connectivity index is 0.00000220. The van der Waals surface area contributed by atoms with Gasteiger partial charge in [-0.15, -0.1) is 36.2 Å². The van der Waals surface area contributed by atoms with Crippen LogP contribution in [0.25, 0.3) is 0 Å². The maximum atomic E-state index is 12.2. The van der Waals surface area contributed by atoms with E-state index >= 15 is 0 Å². The molecule has 0 atom stereocenters. The molecule has 0 unspecified atom stereocenters. The minimum absolute atomic E-state index is 0. The zero-order valence-electron chi connectivity index (χ0n) is 13.3. The number of nitrogens with two attached hydrogens (primary N) is 1. The van der Waals surface area contributed by atoms with E-state index in [0.717, 1.165) is 28.4 Å². The third-order valence-electron chi connectivity index (χ3n) is 4.33. The van der Waals surface area contributed by atoms with Gasteiger partial charge in [-0.05, 0) is 38.6 Å². The molecule has 1 aromatic heterocycles. The van der Waals surface area contributed by atoms with E-state index in [1.165, 1.54) is 19.3 Å². The minimum atomic E-state index is 0. The Morgan fingerprint density at radius 3 is 2.41 bits per heavy atom. The Kier molecular flexibility index (Phi) is 9.55. The SMILES string of the molecule is Cc1nc(C)c(CNC(=O)CC2(CN)CCCCC2)s1.Cl.Cl. The number of rotatable bonds is 5. The van der Waals surface area contributed by atoms with Crippen LogP contribution in [0.2, 0.25) is 0 Å². The van der Waals surface area contributed by atoms with Gasteiger partial charge in [-0.25, -0.2) is 4.98 Å². The van der Waals surface area contributed by atoms with Gasteiger partial charge in [-0.2, -0.15) is 0 Å². The lowest BCUT2D eigenvalue weighted by Gasteiger charge is -2.35. The van der Waals surface area contributed by atoms with Crippen molar-refractivity contribution < 1.29 is 4.79 Å².